The van der Waals surface area contributed by atoms with E-state index in [-0.39, 0.29) is 24.1 Å². The average molecular weight is 396 g/mol. The molecule has 0 bridgehead atoms. The van der Waals surface area contributed by atoms with Crippen molar-refractivity contribution < 1.29 is 14.4 Å². The van der Waals surface area contributed by atoms with E-state index in [1.807, 2.05) is 12.1 Å². The summed E-state index contributed by atoms with van der Waals surface area (Å²) in [7, 11) is 0. The van der Waals surface area contributed by atoms with E-state index in [1.165, 1.54) is 12.0 Å². The fourth-order valence-electron chi connectivity index (χ4n) is 5.73. The van der Waals surface area contributed by atoms with Crippen molar-refractivity contribution in [1.29, 1.82) is 0 Å². The highest BCUT2D eigenvalue weighted by Gasteiger charge is 2.41. The van der Waals surface area contributed by atoms with E-state index < -0.39 is 6.04 Å². The normalized spacial score (nSPS) is 32.3. The molecule has 3 aliphatic heterocycles. The van der Waals surface area contributed by atoms with Gasteiger partial charge in [0.05, 0.1) is 0 Å². The molecular formula is C22H28N4O3. The van der Waals surface area contributed by atoms with Crippen LogP contribution in [-0.2, 0) is 22.7 Å². The van der Waals surface area contributed by atoms with Gasteiger partial charge in [-0.1, -0.05) is 12.1 Å². The van der Waals surface area contributed by atoms with Crippen LogP contribution in [0.4, 0.5) is 0 Å². The van der Waals surface area contributed by atoms with Gasteiger partial charge >= 0.3 is 0 Å². The molecule has 0 spiro atoms. The smallest absolute Gasteiger partial charge is 0.255 e. The summed E-state index contributed by atoms with van der Waals surface area (Å²) in [6.45, 7) is 3.46. The fourth-order valence-corrected chi connectivity index (χ4v) is 5.73. The predicted molar refractivity (Wildman–Crippen MR) is 107 cm³/mol. The third-order valence-electron chi connectivity index (χ3n) is 7.24. The van der Waals surface area contributed by atoms with Gasteiger partial charge in [0.1, 0.15) is 6.04 Å². The number of benzene rings is 1. The second kappa shape index (κ2) is 7.22. The molecule has 1 aromatic rings. The zero-order valence-corrected chi connectivity index (χ0v) is 16.6. The van der Waals surface area contributed by atoms with Crippen molar-refractivity contribution in [3.8, 4) is 0 Å². The van der Waals surface area contributed by atoms with Crippen LogP contribution in [0.15, 0.2) is 18.2 Å². The summed E-state index contributed by atoms with van der Waals surface area (Å²) >= 11 is 0. The zero-order chi connectivity index (χ0) is 20.1. The van der Waals surface area contributed by atoms with Gasteiger partial charge in [-0.25, -0.2) is 0 Å². The highest BCUT2D eigenvalue weighted by Crippen LogP contribution is 2.37. The number of nitrogens with two attached hydrogens (primary N) is 1. The van der Waals surface area contributed by atoms with Crippen LogP contribution in [0.2, 0.25) is 0 Å². The molecule has 1 saturated carbocycles. The number of amides is 3. The predicted octanol–water partition coefficient (Wildman–Crippen LogP) is 1.01. The van der Waals surface area contributed by atoms with Gasteiger partial charge in [0.2, 0.25) is 11.8 Å². The Balaban J connectivity index is 1.32. The van der Waals surface area contributed by atoms with Gasteiger partial charge in [0.15, 0.2) is 0 Å². The molecule has 4 atom stereocenters. The first-order chi connectivity index (χ1) is 14.0. The SMILES string of the molecule is NC1CCC2CN(Cc3cccc4c3CN(C3CCC(=O)NC3=O)C4=O)CC2C1. The van der Waals surface area contributed by atoms with E-state index in [4.69, 9.17) is 5.73 Å². The summed E-state index contributed by atoms with van der Waals surface area (Å²) < 4.78 is 0. The van der Waals surface area contributed by atoms with Crippen LogP contribution in [0, 0.1) is 11.8 Å². The summed E-state index contributed by atoms with van der Waals surface area (Å²) in [5.74, 6) is 0.720. The van der Waals surface area contributed by atoms with Gasteiger partial charge in [-0.05, 0) is 54.7 Å². The Labute approximate surface area is 170 Å². The molecule has 4 unspecified atom stereocenters. The van der Waals surface area contributed by atoms with Gasteiger partial charge in [0, 0.05) is 44.2 Å². The Kier molecular flexibility index (Phi) is 4.67. The second-order valence-electron chi connectivity index (χ2n) is 9.13. The lowest BCUT2D eigenvalue weighted by atomic mass is 9.79. The molecule has 5 rings (SSSR count). The largest absolute Gasteiger partial charge is 0.328 e. The van der Waals surface area contributed by atoms with E-state index in [0.29, 0.717) is 30.5 Å². The minimum absolute atomic E-state index is 0.0996. The maximum absolute atomic E-state index is 13.0. The first kappa shape index (κ1) is 18.8. The molecule has 2 saturated heterocycles. The number of hydrogen-bond acceptors (Lipinski definition) is 5. The van der Waals surface area contributed by atoms with E-state index in [2.05, 4.69) is 16.3 Å². The van der Waals surface area contributed by atoms with Crippen LogP contribution in [0.5, 0.6) is 0 Å². The van der Waals surface area contributed by atoms with Crippen molar-refractivity contribution in [1.82, 2.24) is 15.1 Å². The standard InChI is InChI=1S/C22H28N4O3/c23-16-5-4-13-9-25(11-15(13)8-16)10-14-2-1-3-17-18(14)12-26(22(17)29)19-6-7-20(27)24-21(19)28/h1-3,13,15-16,19H,4-12,23H2,(H,24,27,28). The Morgan fingerprint density at radius 3 is 2.72 bits per heavy atom. The summed E-state index contributed by atoms with van der Waals surface area (Å²) in [5.41, 5.74) is 9.08. The van der Waals surface area contributed by atoms with Crippen LogP contribution < -0.4 is 11.1 Å². The molecule has 4 aliphatic rings. The number of carbonyl (C=O) groups is 3. The van der Waals surface area contributed by atoms with Gasteiger partial charge < -0.3 is 10.6 Å². The Bertz CT molecular complexity index is 870. The van der Waals surface area contributed by atoms with Crippen LogP contribution in [-0.4, -0.2) is 52.7 Å². The zero-order valence-electron chi connectivity index (χ0n) is 16.6. The van der Waals surface area contributed by atoms with E-state index in [9.17, 15) is 14.4 Å². The summed E-state index contributed by atoms with van der Waals surface area (Å²) in [6.07, 6.45) is 4.15. The van der Waals surface area contributed by atoms with Gasteiger partial charge in [-0.2, -0.15) is 0 Å². The number of carbonyl (C=O) groups excluding carboxylic acids is 3. The number of hydrogen-bond donors (Lipinski definition) is 2. The van der Waals surface area contributed by atoms with Crippen molar-refractivity contribution in [3.05, 3.63) is 34.9 Å². The Morgan fingerprint density at radius 2 is 1.90 bits per heavy atom. The number of likely N-dealkylation sites (tertiary alicyclic amines) is 1. The van der Waals surface area contributed by atoms with Gasteiger partial charge in [-0.15, -0.1) is 0 Å². The average Bonchev–Trinajstić information content (AvgIpc) is 3.23. The van der Waals surface area contributed by atoms with Crippen molar-refractivity contribution in [3.63, 3.8) is 0 Å². The number of nitrogens with zero attached hydrogens (tertiary/aromatic N) is 2. The van der Waals surface area contributed by atoms with Crippen LogP contribution in [0.1, 0.15) is 53.6 Å². The highest BCUT2D eigenvalue weighted by molar-refractivity contribution is 6.05. The summed E-state index contributed by atoms with van der Waals surface area (Å²) in [5, 5.41) is 2.37. The number of piperidine rings is 1. The molecular weight excluding hydrogens is 368 g/mol. The van der Waals surface area contributed by atoms with Crippen LogP contribution >= 0.6 is 0 Å². The molecule has 29 heavy (non-hydrogen) atoms. The summed E-state index contributed by atoms with van der Waals surface area (Å²) in [6, 6.07) is 5.69. The lowest BCUT2D eigenvalue weighted by Gasteiger charge is -2.29. The number of imide groups is 1. The maximum Gasteiger partial charge on any atom is 0.255 e. The lowest BCUT2D eigenvalue weighted by molar-refractivity contribution is -0.136. The molecule has 7 heteroatoms. The van der Waals surface area contributed by atoms with Crippen molar-refractivity contribution >= 4 is 17.7 Å². The number of fused-ring (bicyclic) bond motifs is 2. The second-order valence-corrected chi connectivity index (χ2v) is 9.13. The van der Waals surface area contributed by atoms with E-state index in [0.717, 1.165) is 44.0 Å². The van der Waals surface area contributed by atoms with Crippen molar-refractivity contribution in [2.75, 3.05) is 13.1 Å². The molecule has 3 N–H and O–H groups in total. The molecule has 1 aliphatic carbocycles. The minimum atomic E-state index is -0.559. The van der Waals surface area contributed by atoms with Gasteiger partial charge in [-0.3, -0.25) is 24.6 Å². The third-order valence-corrected chi connectivity index (χ3v) is 7.24. The third kappa shape index (κ3) is 3.36. The molecule has 3 amide bonds. The minimum Gasteiger partial charge on any atom is -0.328 e. The molecule has 3 heterocycles. The van der Waals surface area contributed by atoms with E-state index in [1.54, 1.807) is 4.90 Å². The number of nitrogens with one attached hydrogen (secondary N) is 1. The molecule has 7 nitrogen and oxygen atoms in total. The van der Waals surface area contributed by atoms with Crippen LogP contribution in [0.25, 0.3) is 0 Å². The van der Waals surface area contributed by atoms with Crippen LogP contribution in [0.3, 0.4) is 0 Å². The molecule has 154 valence electrons. The Morgan fingerprint density at radius 1 is 1.07 bits per heavy atom. The molecule has 0 radical (unpaired) electrons. The molecule has 0 aromatic heterocycles. The van der Waals surface area contributed by atoms with Crippen molar-refractivity contribution in [2.24, 2.45) is 17.6 Å². The van der Waals surface area contributed by atoms with Gasteiger partial charge in [0.25, 0.3) is 5.91 Å². The molecule has 3 fully saturated rings. The summed E-state index contributed by atoms with van der Waals surface area (Å²) in [4.78, 5) is 40.9. The van der Waals surface area contributed by atoms with Crippen molar-refractivity contribution in [2.45, 2.75) is 57.3 Å². The topological polar surface area (TPSA) is 95.7 Å². The number of rotatable bonds is 3. The first-order valence-corrected chi connectivity index (χ1v) is 10.7. The fraction of sp³-hybridized carbons (Fsp3) is 0.591. The maximum atomic E-state index is 13.0. The molecule has 1 aromatic carbocycles. The quantitative estimate of drug-likeness (QED) is 0.744. The highest BCUT2D eigenvalue weighted by atomic mass is 16.2. The first-order valence-electron chi connectivity index (χ1n) is 10.7. The monoisotopic (exact) mass is 396 g/mol. The lowest BCUT2D eigenvalue weighted by Crippen LogP contribution is -2.52. The van der Waals surface area contributed by atoms with E-state index >= 15 is 0 Å². The Hall–Kier alpha value is -2.25.